The standard InChI is InChI=1S/C11H26N2O2S/c1-9(2)7-11(6,8-12)13-16(14,15)10(3,4)5/h9,13H,7-8,12H2,1-6H3. The molecule has 0 aromatic heterocycles. The Morgan fingerprint density at radius 3 is 1.88 bits per heavy atom. The Bertz CT molecular complexity index is 317. The second-order valence-corrected chi connectivity index (χ2v) is 8.52. The summed E-state index contributed by atoms with van der Waals surface area (Å²) in [5.74, 6) is 0.399. The average Bonchev–Trinajstić information content (AvgIpc) is 1.99. The average molecular weight is 250 g/mol. The molecular formula is C11H26N2O2S. The van der Waals surface area contributed by atoms with Gasteiger partial charge in [0.2, 0.25) is 10.0 Å². The van der Waals surface area contributed by atoms with Gasteiger partial charge >= 0.3 is 0 Å². The number of hydrogen-bond acceptors (Lipinski definition) is 3. The van der Waals surface area contributed by atoms with Crippen LogP contribution >= 0.6 is 0 Å². The van der Waals surface area contributed by atoms with Gasteiger partial charge in [0.05, 0.1) is 4.75 Å². The van der Waals surface area contributed by atoms with Gasteiger partial charge < -0.3 is 5.73 Å². The molecule has 0 aliphatic heterocycles. The Balaban J connectivity index is 4.93. The number of rotatable bonds is 5. The van der Waals surface area contributed by atoms with Crippen LogP contribution in [-0.4, -0.2) is 25.2 Å². The van der Waals surface area contributed by atoms with Crippen molar-refractivity contribution in [3.8, 4) is 0 Å². The summed E-state index contributed by atoms with van der Waals surface area (Å²) in [6, 6.07) is 0. The Kier molecular flexibility index (Phi) is 4.98. The van der Waals surface area contributed by atoms with Crippen molar-refractivity contribution in [3.63, 3.8) is 0 Å². The van der Waals surface area contributed by atoms with Crippen LogP contribution in [0.3, 0.4) is 0 Å². The quantitative estimate of drug-likeness (QED) is 0.776. The van der Waals surface area contributed by atoms with Crippen LogP contribution in [-0.2, 0) is 10.0 Å². The first kappa shape index (κ1) is 15.9. The lowest BCUT2D eigenvalue weighted by atomic mass is 9.92. The predicted octanol–water partition coefficient (Wildman–Crippen LogP) is 1.47. The number of nitrogens with two attached hydrogens (primary N) is 1. The highest BCUT2D eigenvalue weighted by molar-refractivity contribution is 7.90. The number of hydrogen-bond donors (Lipinski definition) is 2. The summed E-state index contributed by atoms with van der Waals surface area (Å²) < 4.78 is 26.0. The van der Waals surface area contributed by atoms with Gasteiger partial charge in [-0.2, -0.15) is 0 Å². The third-order valence-corrected chi connectivity index (χ3v) is 4.87. The molecule has 0 bridgehead atoms. The fourth-order valence-electron chi connectivity index (χ4n) is 1.55. The number of nitrogens with one attached hydrogen (secondary N) is 1. The lowest BCUT2D eigenvalue weighted by Gasteiger charge is -2.34. The second kappa shape index (κ2) is 5.02. The van der Waals surface area contributed by atoms with Crippen molar-refractivity contribution in [3.05, 3.63) is 0 Å². The molecule has 4 nitrogen and oxygen atoms in total. The van der Waals surface area contributed by atoms with Gasteiger partial charge in [-0.1, -0.05) is 13.8 Å². The van der Waals surface area contributed by atoms with Crippen LogP contribution in [0.5, 0.6) is 0 Å². The molecule has 0 aromatic carbocycles. The lowest BCUT2D eigenvalue weighted by molar-refractivity contribution is 0.341. The molecule has 1 unspecified atom stereocenters. The molecule has 0 heterocycles. The van der Waals surface area contributed by atoms with E-state index in [1.807, 2.05) is 6.92 Å². The van der Waals surface area contributed by atoms with Gasteiger partial charge in [0.25, 0.3) is 0 Å². The zero-order valence-electron chi connectivity index (χ0n) is 11.3. The van der Waals surface area contributed by atoms with Gasteiger partial charge in [-0.3, -0.25) is 0 Å². The van der Waals surface area contributed by atoms with Crippen LogP contribution in [0.25, 0.3) is 0 Å². The summed E-state index contributed by atoms with van der Waals surface area (Å²) in [4.78, 5) is 0. The van der Waals surface area contributed by atoms with Crippen molar-refractivity contribution in [2.45, 2.75) is 58.2 Å². The van der Waals surface area contributed by atoms with Gasteiger partial charge in [0, 0.05) is 12.1 Å². The Morgan fingerprint density at radius 2 is 1.62 bits per heavy atom. The van der Waals surface area contributed by atoms with Crippen LogP contribution in [0.1, 0.15) is 48.0 Å². The van der Waals surface area contributed by atoms with Crippen LogP contribution in [0.2, 0.25) is 0 Å². The van der Waals surface area contributed by atoms with Gasteiger partial charge in [0.1, 0.15) is 0 Å². The molecule has 0 aromatic rings. The molecule has 0 spiro atoms. The highest BCUT2D eigenvalue weighted by atomic mass is 32.2. The first-order chi connectivity index (χ1) is 6.93. The molecule has 3 N–H and O–H groups in total. The maximum atomic E-state index is 12.0. The Labute approximate surface area is 100 Å². The minimum atomic E-state index is -3.34. The number of sulfonamides is 1. The third kappa shape index (κ3) is 4.39. The van der Waals surface area contributed by atoms with Crippen LogP contribution < -0.4 is 10.5 Å². The topological polar surface area (TPSA) is 72.2 Å². The highest BCUT2D eigenvalue weighted by Crippen LogP contribution is 2.21. The summed E-state index contributed by atoms with van der Waals surface area (Å²) in [7, 11) is -3.34. The largest absolute Gasteiger partial charge is 0.329 e. The van der Waals surface area contributed by atoms with E-state index in [-0.39, 0.29) is 0 Å². The zero-order valence-corrected chi connectivity index (χ0v) is 12.1. The zero-order chi connectivity index (χ0) is 13.2. The Morgan fingerprint density at radius 1 is 1.19 bits per heavy atom. The molecule has 0 aliphatic carbocycles. The summed E-state index contributed by atoms with van der Waals surface area (Å²) in [5.41, 5.74) is 5.12. The molecule has 0 amide bonds. The second-order valence-electron chi connectivity index (χ2n) is 6.08. The highest BCUT2D eigenvalue weighted by Gasteiger charge is 2.36. The van der Waals surface area contributed by atoms with E-state index in [1.54, 1.807) is 20.8 Å². The minimum absolute atomic E-state index is 0.306. The van der Waals surface area contributed by atoms with E-state index in [1.165, 1.54) is 0 Å². The van der Waals surface area contributed by atoms with Crippen molar-refractivity contribution >= 4 is 10.0 Å². The monoisotopic (exact) mass is 250 g/mol. The summed E-state index contributed by atoms with van der Waals surface area (Å²) in [6.07, 6.45) is 0.735. The molecular weight excluding hydrogens is 224 g/mol. The van der Waals surface area contributed by atoms with Crippen molar-refractivity contribution in [2.24, 2.45) is 11.7 Å². The molecule has 1 atom stereocenters. The fourth-order valence-corrected chi connectivity index (χ4v) is 2.67. The van der Waals surface area contributed by atoms with Crippen molar-refractivity contribution in [2.75, 3.05) is 6.54 Å². The van der Waals surface area contributed by atoms with E-state index in [4.69, 9.17) is 5.73 Å². The normalized spacial score (nSPS) is 17.5. The van der Waals surface area contributed by atoms with E-state index >= 15 is 0 Å². The van der Waals surface area contributed by atoms with Gasteiger partial charge in [-0.05, 0) is 40.0 Å². The van der Waals surface area contributed by atoms with Crippen LogP contribution in [0, 0.1) is 5.92 Å². The van der Waals surface area contributed by atoms with E-state index in [9.17, 15) is 8.42 Å². The van der Waals surface area contributed by atoms with E-state index in [2.05, 4.69) is 18.6 Å². The predicted molar refractivity (Wildman–Crippen MR) is 68.7 cm³/mol. The molecule has 0 aliphatic rings. The summed E-state index contributed by atoms with van der Waals surface area (Å²) in [6.45, 7) is 11.3. The first-order valence-electron chi connectivity index (χ1n) is 5.67. The summed E-state index contributed by atoms with van der Waals surface area (Å²) >= 11 is 0. The molecule has 0 radical (unpaired) electrons. The summed E-state index contributed by atoms with van der Waals surface area (Å²) in [5, 5.41) is 0. The van der Waals surface area contributed by atoms with Crippen LogP contribution in [0.15, 0.2) is 0 Å². The molecule has 0 saturated carbocycles. The van der Waals surface area contributed by atoms with E-state index in [0.29, 0.717) is 12.5 Å². The molecule has 5 heteroatoms. The van der Waals surface area contributed by atoms with Gasteiger partial charge in [0.15, 0.2) is 0 Å². The lowest BCUT2D eigenvalue weighted by Crippen LogP contribution is -2.56. The van der Waals surface area contributed by atoms with Crippen molar-refractivity contribution in [1.82, 2.24) is 4.72 Å². The molecule has 98 valence electrons. The molecule has 0 fully saturated rings. The van der Waals surface area contributed by atoms with Crippen LogP contribution in [0.4, 0.5) is 0 Å². The van der Waals surface area contributed by atoms with E-state index in [0.717, 1.165) is 6.42 Å². The minimum Gasteiger partial charge on any atom is -0.329 e. The smallest absolute Gasteiger partial charge is 0.217 e. The molecule has 0 saturated heterocycles. The fraction of sp³-hybridized carbons (Fsp3) is 1.00. The van der Waals surface area contributed by atoms with Gasteiger partial charge in [-0.15, -0.1) is 0 Å². The third-order valence-electron chi connectivity index (χ3n) is 2.50. The van der Waals surface area contributed by atoms with E-state index < -0.39 is 20.3 Å². The van der Waals surface area contributed by atoms with Crippen molar-refractivity contribution < 1.29 is 8.42 Å². The first-order valence-corrected chi connectivity index (χ1v) is 7.15. The Hall–Kier alpha value is -0.130. The maximum absolute atomic E-state index is 12.0. The maximum Gasteiger partial charge on any atom is 0.217 e. The molecule has 0 rings (SSSR count). The molecule has 16 heavy (non-hydrogen) atoms. The van der Waals surface area contributed by atoms with Crippen molar-refractivity contribution in [1.29, 1.82) is 0 Å². The SMILES string of the molecule is CC(C)CC(C)(CN)NS(=O)(=O)C(C)(C)C. The van der Waals surface area contributed by atoms with Gasteiger partial charge in [-0.25, -0.2) is 13.1 Å².